The van der Waals surface area contributed by atoms with Gasteiger partial charge in [-0.05, 0) is 18.5 Å². The molecule has 0 saturated carbocycles. The van der Waals surface area contributed by atoms with Crippen molar-refractivity contribution in [2.24, 2.45) is 0 Å². The van der Waals surface area contributed by atoms with Crippen molar-refractivity contribution in [3.8, 4) is 11.3 Å². The summed E-state index contributed by atoms with van der Waals surface area (Å²) in [5, 5.41) is 5.91. The average molecular weight is 308 g/mol. The van der Waals surface area contributed by atoms with Crippen molar-refractivity contribution < 1.29 is 13.2 Å². The number of aromatic nitrogens is 2. The summed E-state index contributed by atoms with van der Waals surface area (Å²) < 4.78 is 40.3. The van der Waals surface area contributed by atoms with E-state index in [1.54, 1.807) is 0 Å². The summed E-state index contributed by atoms with van der Waals surface area (Å²) >= 11 is 2.49. The van der Waals surface area contributed by atoms with Crippen LogP contribution in [0.4, 0.5) is 24.0 Å². The number of nitrogens with one attached hydrogen (secondary N) is 1. The number of rotatable bonds is 4. The van der Waals surface area contributed by atoms with Gasteiger partial charge in [0, 0.05) is 11.9 Å². The zero-order valence-corrected chi connectivity index (χ0v) is 11.5. The van der Waals surface area contributed by atoms with Gasteiger partial charge in [0.25, 0.3) is 0 Å². The number of anilines is 2. The summed E-state index contributed by atoms with van der Waals surface area (Å²) in [5.41, 5.74) is 6.96. The number of hydrogen-bond donors (Lipinski definition) is 2. The van der Waals surface area contributed by atoms with Gasteiger partial charge in [-0.1, -0.05) is 0 Å². The lowest BCUT2D eigenvalue weighted by Gasteiger charge is -2.08. The molecule has 0 amide bonds. The summed E-state index contributed by atoms with van der Waals surface area (Å²) in [6, 6.07) is 0. The first-order valence-electron chi connectivity index (χ1n) is 5.35. The molecule has 0 spiro atoms. The summed E-state index contributed by atoms with van der Waals surface area (Å²) in [6.45, 7) is 1.64. The van der Waals surface area contributed by atoms with Gasteiger partial charge in [0.05, 0.1) is 22.7 Å². The van der Waals surface area contributed by atoms with Gasteiger partial charge in [0.2, 0.25) is 0 Å². The minimum atomic E-state index is -4.18. The predicted octanol–water partition coefficient (Wildman–Crippen LogP) is 3.52. The van der Waals surface area contributed by atoms with Crippen LogP contribution >= 0.6 is 22.9 Å². The molecular weight excluding hydrogens is 297 g/mol. The van der Waals surface area contributed by atoms with Crippen LogP contribution in [0.3, 0.4) is 0 Å². The van der Waals surface area contributed by atoms with Gasteiger partial charge in [-0.15, -0.1) is 11.3 Å². The first kappa shape index (κ1) is 14.1. The summed E-state index contributed by atoms with van der Waals surface area (Å²) in [7, 11) is 0. The second-order valence-electron chi connectivity index (χ2n) is 3.82. The fraction of sp³-hybridized carbons (Fsp3) is 0.400. The van der Waals surface area contributed by atoms with E-state index >= 15 is 0 Å². The molecule has 0 radical (unpaired) electrons. The maximum atomic E-state index is 12.1. The molecule has 2 heterocycles. The molecule has 2 rings (SSSR count). The van der Waals surface area contributed by atoms with Gasteiger partial charge >= 0.3 is 6.18 Å². The molecule has 0 atom stereocenters. The zero-order chi connectivity index (χ0) is 14.0. The minimum Gasteiger partial charge on any atom is -0.382 e. The number of nitrogen functional groups attached to an aromatic ring is 1. The molecule has 2 aromatic rings. The number of thiazole rings is 1. The Kier molecular flexibility index (Phi) is 3.95. The van der Waals surface area contributed by atoms with Crippen LogP contribution in [-0.4, -0.2) is 22.1 Å². The molecule has 0 aliphatic carbocycles. The smallest absolute Gasteiger partial charge is 0.382 e. The zero-order valence-electron chi connectivity index (χ0n) is 9.91. The highest BCUT2D eigenvalue weighted by molar-refractivity contribution is 7.11. The molecule has 0 saturated heterocycles. The third-order valence-corrected chi connectivity index (χ3v) is 3.88. The molecule has 3 N–H and O–H groups in total. The predicted molar refractivity (Wildman–Crippen MR) is 71.5 cm³/mol. The van der Waals surface area contributed by atoms with E-state index in [1.807, 2.05) is 12.3 Å². The lowest BCUT2D eigenvalue weighted by molar-refractivity contribution is -0.131. The summed E-state index contributed by atoms with van der Waals surface area (Å²) in [4.78, 5) is 4.27. The third-order valence-electron chi connectivity index (χ3n) is 2.29. The van der Waals surface area contributed by atoms with Crippen LogP contribution in [0, 0.1) is 6.92 Å². The van der Waals surface area contributed by atoms with Gasteiger partial charge < -0.3 is 11.1 Å². The highest BCUT2D eigenvalue weighted by Gasteiger charge is 2.26. The Morgan fingerprint density at radius 3 is 2.74 bits per heavy atom. The third kappa shape index (κ3) is 3.57. The maximum absolute atomic E-state index is 12.1. The van der Waals surface area contributed by atoms with Gasteiger partial charge in [-0.25, -0.2) is 4.98 Å². The molecule has 0 bridgehead atoms. The van der Waals surface area contributed by atoms with E-state index in [4.69, 9.17) is 5.73 Å². The second kappa shape index (κ2) is 5.33. The van der Waals surface area contributed by atoms with Crippen molar-refractivity contribution in [1.29, 1.82) is 0 Å². The van der Waals surface area contributed by atoms with Crippen LogP contribution in [0.5, 0.6) is 0 Å². The first-order valence-corrected chi connectivity index (χ1v) is 7.00. The van der Waals surface area contributed by atoms with Crippen molar-refractivity contribution in [2.45, 2.75) is 19.5 Å². The molecule has 0 aliphatic rings. The van der Waals surface area contributed by atoms with Crippen LogP contribution in [0.15, 0.2) is 5.38 Å². The topological polar surface area (TPSA) is 63.8 Å². The maximum Gasteiger partial charge on any atom is 0.390 e. The van der Waals surface area contributed by atoms with Crippen molar-refractivity contribution in [2.75, 3.05) is 17.6 Å². The fourth-order valence-electron chi connectivity index (χ4n) is 1.47. The first-order chi connectivity index (χ1) is 8.87. The van der Waals surface area contributed by atoms with Crippen molar-refractivity contribution in [3.05, 3.63) is 10.4 Å². The molecule has 0 aliphatic heterocycles. The van der Waals surface area contributed by atoms with Crippen LogP contribution in [0.25, 0.3) is 11.3 Å². The normalized spacial score (nSPS) is 11.8. The minimum absolute atomic E-state index is 0.207. The summed E-state index contributed by atoms with van der Waals surface area (Å²) in [5.74, 6) is 0.282. The van der Waals surface area contributed by atoms with Gasteiger partial charge in [-0.2, -0.15) is 17.5 Å². The number of alkyl halides is 3. The Hall–Kier alpha value is -1.35. The average Bonchev–Trinajstić information content (AvgIpc) is 2.84. The quantitative estimate of drug-likeness (QED) is 0.907. The summed E-state index contributed by atoms with van der Waals surface area (Å²) in [6.07, 6.45) is -5.08. The van der Waals surface area contributed by atoms with Crippen LogP contribution in [-0.2, 0) is 0 Å². The van der Waals surface area contributed by atoms with E-state index in [0.717, 1.165) is 16.5 Å². The molecule has 2 aromatic heterocycles. The highest BCUT2D eigenvalue weighted by atomic mass is 32.1. The van der Waals surface area contributed by atoms with Crippen LogP contribution in [0.1, 0.15) is 11.4 Å². The number of halogens is 3. The molecule has 19 heavy (non-hydrogen) atoms. The van der Waals surface area contributed by atoms with E-state index < -0.39 is 12.6 Å². The fourth-order valence-corrected chi connectivity index (χ4v) is 2.82. The van der Waals surface area contributed by atoms with E-state index in [-0.39, 0.29) is 12.4 Å². The largest absolute Gasteiger partial charge is 0.390 e. The number of nitrogens with two attached hydrogens (primary N) is 1. The van der Waals surface area contributed by atoms with E-state index in [2.05, 4.69) is 14.7 Å². The molecule has 0 unspecified atom stereocenters. The lowest BCUT2D eigenvalue weighted by Crippen LogP contribution is -2.14. The van der Waals surface area contributed by atoms with Gasteiger partial charge in [-0.3, -0.25) is 0 Å². The van der Waals surface area contributed by atoms with E-state index in [1.165, 1.54) is 11.3 Å². The molecule has 0 fully saturated rings. The molecule has 104 valence electrons. The van der Waals surface area contributed by atoms with Crippen LogP contribution in [0.2, 0.25) is 0 Å². The molecular formula is C10H11F3N4S2. The number of nitrogens with zero attached hydrogens (tertiary/aromatic N) is 2. The Labute approximate surface area is 115 Å². The standard InChI is InChI=1S/C10H11F3N4S2/c1-5-16-6(4-18-5)7-8(14)17-19-9(7)15-3-2-10(11,12)13/h4,15H,2-3H2,1H3,(H2,14,17). The Bertz CT molecular complexity index is 561. The SMILES string of the molecule is Cc1nc(-c2c(N)nsc2NCCC(F)(F)F)cs1. The van der Waals surface area contributed by atoms with Gasteiger partial charge in [0.1, 0.15) is 10.8 Å². The van der Waals surface area contributed by atoms with Gasteiger partial charge in [0.15, 0.2) is 0 Å². The lowest BCUT2D eigenvalue weighted by atomic mass is 10.2. The highest BCUT2D eigenvalue weighted by Crippen LogP contribution is 2.37. The Morgan fingerprint density at radius 2 is 2.16 bits per heavy atom. The van der Waals surface area contributed by atoms with Crippen molar-refractivity contribution >= 4 is 33.7 Å². The van der Waals surface area contributed by atoms with Crippen LogP contribution < -0.4 is 11.1 Å². The molecule has 9 heteroatoms. The van der Waals surface area contributed by atoms with E-state index in [9.17, 15) is 13.2 Å². The number of aryl methyl sites for hydroxylation is 1. The van der Waals surface area contributed by atoms with E-state index in [0.29, 0.717) is 16.3 Å². The Morgan fingerprint density at radius 1 is 1.42 bits per heavy atom. The Balaban J connectivity index is 2.14. The van der Waals surface area contributed by atoms with Crippen molar-refractivity contribution in [1.82, 2.24) is 9.36 Å². The second-order valence-corrected chi connectivity index (χ2v) is 5.65. The monoisotopic (exact) mass is 308 g/mol. The molecule has 0 aromatic carbocycles. The molecule has 4 nitrogen and oxygen atoms in total. The number of hydrogen-bond acceptors (Lipinski definition) is 6. The van der Waals surface area contributed by atoms with Crippen molar-refractivity contribution in [3.63, 3.8) is 0 Å².